The molecule has 0 atom stereocenters. The Morgan fingerprint density at radius 3 is 2.57 bits per heavy atom. The van der Waals surface area contributed by atoms with Gasteiger partial charge in [0.15, 0.2) is 0 Å². The largest absolute Gasteiger partial charge is 0.439 e. The minimum atomic E-state index is 0.462. The van der Waals surface area contributed by atoms with Crippen LogP contribution in [0.3, 0.4) is 0 Å². The molecule has 5 heteroatoms. The minimum absolute atomic E-state index is 0.462. The molecule has 112 valence electrons. The number of benzene rings is 1. The first kappa shape index (κ1) is 16.1. The summed E-state index contributed by atoms with van der Waals surface area (Å²) in [4.78, 5) is 4.29. The highest BCUT2D eigenvalue weighted by Crippen LogP contribution is 2.28. The second-order valence-electron chi connectivity index (χ2n) is 5.21. The second kappa shape index (κ2) is 7.64. The van der Waals surface area contributed by atoms with E-state index < -0.39 is 0 Å². The van der Waals surface area contributed by atoms with E-state index in [0.717, 1.165) is 18.7 Å². The highest BCUT2D eigenvalue weighted by atomic mass is 35.5. The molecule has 1 N–H and O–H groups in total. The smallest absolute Gasteiger partial charge is 0.219 e. The molecule has 2 rings (SSSR count). The SMILES string of the molecule is CC(C)CNCc1ccc(Oc2ccc(Cl)c(Cl)c2)nc1. The van der Waals surface area contributed by atoms with Gasteiger partial charge in [-0.25, -0.2) is 4.98 Å². The van der Waals surface area contributed by atoms with Gasteiger partial charge in [-0.05, 0) is 30.2 Å². The van der Waals surface area contributed by atoms with Crippen molar-refractivity contribution in [3.63, 3.8) is 0 Å². The fourth-order valence-electron chi connectivity index (χ4n) is 1.74. The average molecular weight is 325 g/mol. The highest BCUT2D eigenvalue weighted by molar-refractivity contribution is 6.42. The molecule has 0 aliphatic carbocycles. The monoisotopic (exact) mass is 324 g/mol. The summed E-state index contributed by atoms with van der Waals surface area (Å²) in [6.45, 7) is 6.15. The average Bonchev–Trinajstić information content (AvgIpc) is 2.44. The van der Waals surface area contributed by atoms with Crippen LogP contribution >= 0.6 is 23.2 Å². The van der Waals surface area contributed by atoms with Gasteiger partial charge in [0.1, 0.15) is 5.75 Å². The van der Waals surface area contributed by atoms with Crippen molar-refractivity contribution in [1.29, 1.82) is 0 Å². The summed E-state index contributed by atoms with van der Waals surface area (Å²) in [5.74, 6) is 1.78. The molecule has 3 nitrogen and oxygen atoms in total. The second-order valence-corrected chi connectivity index (χ2v) is 6.02. The van der Waals surface area contributed by atoms with Crippen molar-refractivity contribution in [2.75, 3.05) is 6.54 Å². The van der Waals surface area contributed by atoms with Crippen molar-refractivity contribution in [3.05, 3.63) is 52.1 Å². The minimum Gasteiger partial charge on any atom is -0.439 e. The van der Waals surface area contributed by atoms with Gasteiger partial charge in [0.05, 0.1) is 10.0 Å². The van der Waals surface area contributed by atoms with Crippen molar-refractivity contribution in [2.45, 2.75) is 20.4 Å². The Morgan fingerprint density at radius 2 is 1.95 bits per heavy atom. The van der Waals surface area contributed by atoms with Gasteiger partial charge < -0.3 is 10.1 Å². The quantitative estimate of drug-likeness (QED) is 0.818. The summed E-state index contributed by atoms with van der Waals surface area (Å²) >= 11 is 11.8. The summed E-state index contributed by atoms with van der Waals surface area (Å²) in [6, 6.07) is 8.96. The Hall–Kier alpha value is -1.29. The van der Waals surface area contributed by atoms with Crippen LogP contribution in [-0.4, -0.2) is 11.5 Å². The van der Waals surface area contributed by atoms with Crippen LogP contribution in [0, 0.1) is 5.92 Å². The maximum atomic E-state index is 5.95. The number of halogens is 2. The van der Waals surface area contributed by atoms with Crippen molar-refractivity contribution >= 4 is 23.2 Å². The molecule has 0 bridgehead atoms. The van der Waals surface area contributed by atoms with E-state index in [2.05, 4.69) is 24.1 Å². The molecule has 0 spiro atoms. The van der Waals surface area contributed by atoms with E-state index in [1.165, 1.54) is 0 Å². The molecule has 0 aliphatic heterocycles. The molecule has 0 unspecified atom stereocenters. The van der Waals surface area contributed by atoms with E-state index in [4.69, 9.17) is 27.9 Å². The lowest BCUT2D eigenvalue weighted by molar-refractivity contribution is 0.462. The van der Waals surface area contributed by atoms with E-state index in [0.29, 0.717) is 27.6 Å². The van der Waals surface area contributed by atoms with Gasteiger partial charge in [-0.15, -0.1) is 0 Å². The molecule has 0 saturated carbocycles. The third-order valence-corrected chi connectivity index (χ3v) is 3.53. The number of pyridine rings is 1. The lowest BCUT2D eigenvalue weighted by Crippen LogP contribution is -2.18. The number of rotatable bonds is 6. The number of nitrogens with one attached hydrogen (secondary N) is 1. The van der Waals surface area contributed by atoms with Gasteiger partial charge in [-0.1, -0.05) is 43.1 Å². The van der Waals surface area contributed by atoms with Gasteiger partial charge in [-0.3, -0.25) is 0 Å². The van der Waals surface area contributed by atoms with Gasteiger partial charge in [0, 0.05) is 24.9 Å². The molecule has 0 aliphatic rings. The zero-order chi connectivity index (χ0) is 15.2. The van der Waals surface area contributed by atoms with Crippen molar-refractivity contribution in [3.8, 4) is 11.6 Å². The van der Waals surface area contributed by atoms with Crippen LogP contribution in [0.2, 0.25) is 10.0 Å². The summed E-state index contributed by atoms with van der Waals surface area (Å²) in [7, 11) is 0. The van der Waals surface area contributed by atoms with Gasteiger partial charge in [0.2, 0.25) is 5.88 Å². The lowest BCUT2D eigenvalue weighted by Gasteiger charge is -2.08. The number of nitrogens with zero attached hydrogens (tertiary/aromatic N) is 1. The topological polar surface area (TPSA) is 34.1 Å². The highest BCUT2D eigenvalue weighted by Gasteiger charge is 2.03. The van der Waals surface area contributed by atoms with Crippen LogP contribution < -0.4 is 10.1 Å². The Morgan fingerprint density at radius 1 is 1.14 bits per heavy atom. The van der Waals surface area contributed by atoms with Gasteiger partial charge in [-0.2, -0.15) is 0 Å². The zero-order valence-electron chi connectivity index (χ0n) is 12.1. The van der Waals surface area contributed by atoms with E-state index in [9.17, 15) is 0 Å². The molecule has 0 radical (unpaired) electrons. The lowest BCUT2D eigenvalue weighted by atomic mass is 10.2. The number of hydrogen-bond donors (Lipinski definition) is 1. The van der Waals surface area contributed by atoms with Crippen molar-refractivity contribution < 1.29 is 4.74 Å². The van der Waals surface area contributed by atoms with Gasteiger partial charge >= 0.3 is 0 Å². The first-order valence-corrected chi connectivity index (χ1v) is 7.58. The molecule has 2 aromatic rings. The van der Waals surface area contributed by atoms with Crippen LogP contribution in [0.1, 0.15) is 19.4 Å². The number of hydrogen-bond acceptors (Lipinski definition) is 3. The van der Waals surface area contributed by atoms with E-state index in [1.54, 1.807) is 24.4 Å². The predicted molar refractivity (Wildman–Crippen MR) is 87.3 cm³/mol. The molecule has 1 heterocycles. The Bertz CT molecular complexity index is 585. The molecule has 21 heavy (non-hydrogen) atoms. The normalized spacial score (nSPS) is 10.9. The summed E-state index contributed by atoms with van der Waals surface area (Å²) in [6.07, 6.45) is 1.81. The third kappa shape index (κ3) is 5.20. The first-order valence-electron chi connectivity index (χ1n) is 6.83. The summed E-state index contributed by atoms with van der Waals surface area (Å²) < 4.78 is 5.64. The Labute approximate surface area is 135 Å². The Kier molecular flexibility index (Phi) is 5.85. The first-order chi connectivity index (χ1) is 10.0. The van der Waals surface area contributed by atoms with Crippen LogP contribution in [0.4, 0.5) is 0 Å². The third-order valence-electron chi connectivity index (χ3n) is 2.79. The molecule has 1 aromatic carbocycles. The number of ether oxygens (including phenoxy) is 1. The fourth-order valence-corrected chi connectivity index (χ4v) is 2.03. The zero-order valence-corrected chi connectivity index (χ0v) is 13.6. The number of aromatic nitrogens is 1. The Balaban J connectivity index is 1.94. The van der Waals surface area contributed by atoms with E-state index >= 15 is 0 Å². The molecular weight excluding hydrogens is 307 g/mol. The van der Waals surface area contributed by atoms with Crippen molar-refractivity contribution in [1.82, 2.24) is 10.3 Å². The maximum Gasteiger partial charge on any atom is 0.219 e. The molecule has 0 saturated heterocycles. The molecule has 1 aromatic heterocycles. The summed E-state index contributed by atoms with van der Waals surface area (Å²) in [5.41, 5.74) is 1.12. The summed E-state index contributed by atoms with van der Waals surface area (Å²) in [5, 5.41) is 4.34. The molecule has 0 fully saturated rings. The standard InChI is InChI=1S/C16H18Cl2N2O/c1-11(2)8-19-9-12-3-6-16(20-10-12)21-13-4-5-14(17)15(18)7-13/h3-7,10-11,19H,8-9H2,1-2H3. The molecular formula is C16H18Cl2N2O. The van der Waals surface area contributed by atoms with Crippen LogP contribution in [-0.2, 0) is 6.54 Å². The van der Waals surface area contributed by atoms with Crippen molar-refractivity contribution in [2.24, 2.45) is 5.92 Å². The van der Waals surface area contributed by atoms with Crippen LogP contribution in [0.15, 0.2) is 36.5 Å². The van der Waals surface area contributed by atoms with E-state index in [-0.39, 0.29) is 0 Å². The van der Waals surface area contributed by atoms with Gasteiger partial charge in [0.25, 0.3) is 0 Å². The fraction of sp³-hybridized carbons (Fsp3) is 0.312. The van der Waals surface area contributed by atoms with Crippen LogP contribution in [0.25, 0.3) is 0 Å². The predicted octanol–water partition coefficient (Wildman–Crippen LogP) is 4.93. The molecule has 0 amide bonds. The maximum absolute atomic E-state index is 5.95. The van der Waals surface area contributed by atoms with Crippen LogP contribution in [0.5, 0.6) is 11.6 Å². The van der Waals surface area contributed by atoms with E-state index in [1.807, 2.05) is 12.1 Å².